The molecule has 1 amide bonds. The Balaban J connectivity index is 2.26. The van der Waals surface area contributed by atoms with E-state index in [2.05, 4.69) is 15.9 Å². The van der Waals surface area contributed by atoms with E-state index in [1.807, 2.05) is 0 Å². The molecule has 0 saturated heterocycles. The Hall–Kier alpha value is -1.65. The topological polar surface area (TPSA) is 60.2 Å². The highest BCUT2D eigenvalue weighted by Crippen LogP contribution is 2.21. The first kappa shape index (κ1) is 14.8. The van der Waals surface area contributed by atoms with Crippen LogP contribution in [0.3, 0.4) is 0 Å². The number of benzene rings is 2. The molecule has 0 fully saturated rings. The first-order chi connectivity index (χ1) is 9.47. The van der Waals surface area contributed by atoms with Crippen LogP contribution in [0.25, 0.3) is 0 Å². The van der Waals surface area contributed by atoms with E-state index in [1.54, 1.807) is 36.4 Å². The molecule has 0 spiro atoms. The maximum Gasteiger partial charge on any atom is 0.248 e. The van der Waals surface area contributed by atoms with Gasteiger partial charge in [0.05, 0.1) is 0 Å². The largest absolute Gasteiger partial charge is 0.366 e. The summed E-state index contributed by atoms with van der Waals surface area (Å²) in [5.74, 6) is -0.652. The van der Waals surface area contributed by atoms with Crippen LogP contribution in [-0.4, -0.2) is 11.7 Å². The summed E-state index contributed by atoms with van der Waals surface area (Å²) in [5.41, 5.74) is 6.83. The fraction of sp³-hybridized carbons (Fsp3) is 0.0667. The van der Waals surface area contributed by atoms with Crippen molar-refractivity contribution < 1.29 is 9.59 Å². The van der Waals surface area contributed by atoms with E-state index in [-0.39, 0.29) is 12.2 Å². The van der Waals surface area contributed by atoms with Gasteiger partial charge in [0.2, 0.25) is 5.91 Å². The summed E-state index contributed by atoms with van der Waals surface area (Å²) >= 11 is 9.11. The van der Waals surface area contributed by atoms with Gasteiger partial charge in [-0.25, -0.2) is 0 Å². The zero-order chi connectivity index (χ0) is 14.7. The summed E-state index contributed by atoms with van der Waals surface area (Å²) in [6.45, 7) is 0. The van der Waals surface area contributed by atoms with Gasteiger partial charge in [-0.3, -0.25) is 9.59 Å². The molecule has 2 rings (SSSR count). The highest BCUT2D eigenvalue weighted by molar-refractivity contribution is 9.10. The highest BCUT2D eigenvalue weighted by Gasteiger charge is 2.13. The van der Waals surface area contributed by atoms with Crippen LogP contribution in [0.15, 0.2) is 46.9 Å². The third-order valence-electron chi connectivity index (χ3n) is 2.83. The smallest absolute Gasteiger partial charge is 0.248 e. The average molecular weight is 353 g/mol. The van der Waals surface area contributed by atoms with Crippen molar-refractivity contribution in [1.29, 1.82) is 0 Å². The SMILES string of the molecule is NC(=O)c1ccc(Br)c(C(=O)Cc2ccc(Cl)cc2)c1. The lowest BCUT2D eigenvalue weighted by atomic mass is 10.0. The maximum absolute atomic E-state index is 12.3. The molecule has 0 aliphatic rings. The summed E-state index contributed by atoms with van der Waals surface area (Å²) in [5, 5.41) is 0.623. The predicted octanol–water partition coefficient (Wildman–Crippen LogP) is 3.63. The number of nitrogens with two attached hydrogens (primary N) is 1. The van der Waals surface area contributed by atoms with Crippen LogP contribution in [0.4, 0.5) is 0 Å². The molecule has 0 aliphatic carbocycles. The van der Waals surface area contributed by atoms with E-state index in [4.69, 9.17) is 17.3 Å². The minimum Gasteiger partial charge on any atom is -0.366 e. The van der Waals surface area contributed by atoms with Gasteiger partial charge in [0.1, 0.15) is 0 Å². The Kier molecular flexibility index (Phi) is 4.57. The van der Waals surface area contributed by atoms with E-state index in [0.717, 1.165) is 5.56 Å². The molecule has 0 atom stereocenters. The summed E-state index contributed by atoms with van der Waals surface area (Å²) in [4.78, 5) is 23.4. The molecule has 2 N–H and O–H groups in total. The van der Waals surface area contributed by atoms with Crippen LogP contribution in [0.5, 0.6) is 0 Å². The average Bonchev–Trinajstić information content (AvgIpc) is 2.41. The van der Waals surface area contributed by atoms with Crippen LogP contribution >= 0.6 is 27.5 Å². The normalized spacial score (nSPS) is 10.3. The van der Waals surface area contributed by atoms with Crippen molar-refractivity contribution in [3.05, 3.63) is 68.7 Å². The molecule has 0 radical (unpaired) electrons. The number of primary amides is 1. The van der Waals surface area contributed by atoms with Crippen LogP contribution in [0, 0.1) is 0 Å². The van der Waals surface area contributed by atoms with E-state index < -0.39 is 5.91 Å². The molecule has 5 heteroatoms. The highest BCUT2D eigenvalue weighted by atomic mass is 79.9. The van der Waals surface area contributed by atoms with Crippen molar-refractivity contribution in [2.45, 2.75) is 6.42 Å². The number of ketones is 1. The van der Waals surface area contributed by atoms with Gasteiger partial charge in [-0.2, -0.15) is 0 Å². The first-order valence-electron chi connectivity index (χ1n) is 5.84. The van der Waals surface area contributed by atoms with Crippen molar-refractivity contribution in [2.24, 2.45) is 5.73 Å². The number of halogens is 2. The molecule has 0 heterocycles. The zero-order valence-electron chi connectivity index (χ0n) is 10.4. The van der Waals surface area contributed by atoms with Crippen molar-refractivity contribution in [1.82, 2.24) is 0 Å². The standard InChI is InChI=1S/C15H11BrClNO2/c16-13-6-3-10(15(18)20)8-12(13)14(19)7-9-1-4-11(17)5-2-9/h1-6,8H,7H2,(H2,18,20). The Morgan fingerprint density at radius 1 is 1.10 bits per heavy atom. The van der Waals surface area contributed by atoms with Crippen molar-refractivity contribution in [3.63, 3.8) is 0 Å². The first-order valence-corrected chi connectivity index (χ1v) is 7.01. The van der Waals surface area contributed by atoms with Crippen LogP contribution in [-0.2, 0) is 6.42 Å². The second-order valence-electron chi connectivity index (χ2n) is 4.29. The molecule has 0 bridgehead atoms. The third kappa shape index (κ3) is 3.46. The Bertz CT molecular complexity index is 668. The van der Waals surface area contributed by atoms with Crippen LogP contribution in [0.1, 0.15) is 26.3 Å². The second-order valence-corrected chi connectivity index (χ2v) is 5.58. The summed E-state index contributed by atoms with van der Waals surface area (Å²) in [6, 6.07) is 11.8. The monoisotopic (exact) mass is 351 g/mol. The van der Waals surface area contributed by atoms with Crippen molar-refractivity contribution in [3.8, 4) is 0 Å². The molecular formula is C15H11BrClNO2. The predicted molar refractivity (Wildman–Crippen MR) is 82.1 cm³/mol. The van der Waals surface area contributed by atoms with Gasteiger partial charge in [0.25, 0.3) is 0 Å². The van der Waals surface area contributed by atoms with E-state index in [9.17, 15) is 9.59 Å². The molecule has 0 unspecified atom stereocenters. The molecule has 102 valence electrons. The van der Waals surface area contributed by atoms with Gasteiger partial charge in [0, 0.05) is 27.0 Å². The summed E-state index contributed by atoms with van der Waals surface area (Å²) in [6.07, 6.45) is 0.234. The lowest BCUT2D eigenvalue weighted by Crippen LogP contribution is -2.13. The maximum atomic E-state index is 12.3. The number of hydrogen-bond acceptors (Lipinski definition) is 2. The number of carbonyl (C=O) groups is 2. The fourth-order valence-electron chi connectivity index (χ4n) is 1.78. The number of amides is 1. The van der Waals surface area contributed by atoms with Gasteiger partial charge < -0.3 is 5.73 Å². The van der Waals surface area contributed by atoms with Gasteiger partial charge >= 0.3 is 0 Å². The molecule has 0 aromatic heterocycles. The lowest BCUT2D eigenvalue weighted by Gasteiger charge is -2.06. The van der Waals surface area contributed by atoms with Crippen molar-refractivity contribution >= 4 is 39.2 Å². The van der Waals surface area contributed by atoms with Crippen molar-refractivity contribution in [2.75, 3.05) is 0 Å². The van der Waals surface area contributed by atoms with E-state index in [1.165, 1.54) is 6.07 Å². The number of hydrogen-bond donors (Lipinski definition) is 1. The Labute approximate surface area is 129 Å². The minimum absolute atomic E-state index is 0.0951. The Morgan fingerprint density at radius 3 is 2.35 bits per heavy atom. The number of carbonyl (C=O) groups excluding carboxylic acids is 2. The number of Topliss-reactive ketones (excluding diaryl/α,β-unsaturated/α-hetero) is 1. The van der Waals surface area contributed by atoms with Gasteiger partial charge in [-0.15, -0.1) is 0 Å². The third-order valence-corrected chi connectivity index (χ3v) is 3.77. The van der Waals surface area contributed by atoms with Gasteiger partial charge in [0.15, 0.2) is 5.78 Å². The fourth-order valence-corrected chi connectivity index (χ4v) is 2.37. The molecule has 2 aromatic carbocycles. The lowest BCUT2D eigenvalue weighted by molar-refractivity contribution is 0.0992. The molecule has 20 heavy (non-hydrogen) atoms. The Morgan fingerprint density at radius 2 is 1.75 bits per heavy atom. The quantitative estimate of drug-likeness (QED) is 0.854. The molecule has 3 nitrogen and oxygen atoms in total. The molecule has 0 saturated carbocycles. The van der Waals surface area contributed by atoms with Gasteiger partial charge in [-0.1, -0.05) is 39.7 Å². The van der Waals surface area contributed by atoms with E-state index >= 15 is 0 Å². The molecule has 0 aliphatic heterocycles. The summed E-state index contributed by atoms with van der Waals surface area (Å²) in [7, 11) is 0. The van der Waals surface area contributed by atoms with Gasteiger partial charge in [-0.05, 0) is 35.9 Å². The summed E-state index contributed by atoms with van der Waals surface area (Å²) < 4.78 is 0.640. The second kappa shape index (κ2) is 6.20. The van der Waals surface area contributed by atoms with Crippen LogP contribution < -0.4 is 5.73 Å². The minimum atomic E-state index is -0.557. The van der Waals surface area contributed by atoms with Crippen LogP contribution in [0.2, 0.25) is 5.02 Å². The molecule has 2 aromatic rings. The number of rotatable bonds is 4. The molecular weight excluding hydrogens is 342 g/mol. The zero-order valence-corrected chi connectivity index (χ0v) is 12.7. The van der Waals surface area contributed by atoms with E-state index in [0.29, 0.717) is 20.6 Å².